The predicted molar refractivity (Wildman–Crippen MR) is 68.7 cm³/mol. The van der Waals surface area contributed by atoms with Crippen LogP contribution in [-0.2, 0) is 9.59 Å². The van der Waals surface area contributed by atoms with E-state index in [9.17, 15) is 9.59 Å². The number of hydrogen-bond donors (Lipinski definition) is 2. The summed E-state index contributed by atoms with van der Waals surface area (Å²) in [5.41, 5.74) is 0. The molecule has 5 nitrogen and oxygen atoms in total. The lowest BCUT2D eigenvalue weighted by Gasteiger charge is -2.21. The number of carbonyl (C=O) groups is 2. The van der Waals surface area contributed by atoms with Crippen molar-refractivity contribution in [3.63, 3.8) is 0 Å². The van der Waals surface area contributed by atoms with Gasteiger partial charge in [-0.1, -0.05) is 0 Å². The molecule has 0 spiro atoms. The molecule has 0 radical (unpaired) electrons. The van der Waals surface area contributed by atoms with Crippen molar-refractivity contribution in [2.45, 2.75) is 46.2 Å². The van der Waals surface area contributed by atoms with Gasteiger partial charge in [0.05, 0.1) is 6.54 Å². The van der Waals surface area contributed by atoms with Crippen molar-refractivity contribution in [3.8, 4) is 0 Å². The van der Waals surface area contributed by atoms with Gasteiger partial charge in [-0.2, -0.15) is 0 Å². The second-order valence-electron chi connectivity index (χ2n) is 4.75. The fraction of sp³-hybridized carbons (Fsp3) is 0.833. The van der Waals surface area contributed by atoms with Crippen LogP contribution >= 0.6 is 0 Å². The molecular formula is C12H25N3O2. The first kappa shape index (κ1) is 15.9. The summed E-state index contributed by atoms with van der Waals surface area (Å²) in [6.07, 6.45) is 0.400. The first-order chi connectivity index (χ1) is 7.84. The zero-order chi connectivity index (χ0) is 13.4. The Morgan fingerprint density at radius 2 is 1.76 bits per heavy atom. The number of amides is 2. The minimum Gasteiger partial charge on any atom is -0.354 e. The molecule has 0 aromatic heterocycles. The summed E-state index contributed by atoms with van der Waals surface area (Å²) >= 11 is 0. The number of carbonyl (C=O) groups excluding carboxylic acids is 2. The van der Waals surface area contributed by atoms with Gasteiger partial charge in [-0.25, -0.2) is 0 Å². The minimum atomic E-state index is 0.0113. The molecule has 0 aromatic carbocycles. The molecule has 0 atom stereocenters. The summed E-state index contributed by atoms with van der Waals surface area (Å²) in [5, 5.41) is 5.77. The average molecular weight is 243 g/mol. The van der Waals surface area contributed by atoms with E-state index in [4.69, 9.17) is 0 Å². The van der Waals surface area contributed by atoms with E-state index in [2.05, 4.69) is 10.6 Å². The van der Waals surface area contributed by atoms with E-state index in [0.29, 0.717) is 13.0 Å². The molecule has 0 fully saturated rings. The van der Waals surface area contributed by atoms with Gasteiger partial charge < -0.3 is 15.5 Å². The summed E-state index contributed by atoms with van der Waals surface area (Å²) < 4.78 is 0. The van der Waals surface area contributed by atoms with Crippen LogP contribution in [0.15, 0.2) is 0 Å². The maximum Gasteiger partial charge on any atom is 0.236 e. The topological polar surface area (TPSA) is 61.4 Å². The summed E-state index contributed by atoms with van der Waals surface area (Å²) in [5.74, 6) is 0.0569. The SMILES string of the molecule is CC(C)NC(=O)CCNCC(=O)N(C)C(C)C. The van der Waals surface area contributed by atoms with Crippen LogP contribution in [0.4, 0.5) is 0 Å². The van der Waals surface area contributed by atoms with Crippen LogP contribution in [-0.4, -0.2) is 48.9 Å². The molecule has 100 valence electrons. The maximum absolute atomic E-state index is 11.6. The Morgan fingerprint density at radius 3 is 2.24 bits per heavy atom. The molecule has 0 aliphatic carbocycles. The van der Waals surface area contributed by atoms with Gasteiger partial charge in [0.1, 0.15) is 0 Å². The van der Waals surface area contributed by atoms with Gasteiger partial charge in [-0.05, 0) is 27.7 Å². The number of rotatable bonds is 7. The molecule has 0 saturated carbocycles. The van der Waals surface area contributed by atoms with E-state index in [-0.39, 0.29) is 30.4 Å². The molecule has 0 aromatic rings. The maximum atomic E-state index is 11.6. The third-order valence-electron chi connectivity index (χ3n) is 2.42. The van der Waals surface area contributed by atoms with Gasteiger partial charge in [0.2, 0.25) is 11.8 Å². The monoisotopic (exact) mass is 243 g/mol. The third-order valence-corrected chi connectivity index (χ3v) is 2.42. The highest BCUT2D eigenvalue weighted by Crippen LogP contribution is 1.93. The molecule has 17 heavy (non-hydrogen) atoms. The molecule has 0 bridgehead atoms. The Hall–Kier alpha value is -1.10. The van der Waals surface area contributed by atoms with Crippen LogP contribution in [0.3, 0.4) is 0 Å². The van der Waals surface area contributed by atoms with Gasteiger partial charge in [-0.3, -0.25) is 9.59 Å². The summed E-state index contributed by atoms with van der Waals surface area (Å²) in [6.45, 7) is 8.58. The van der Waals surface area contributed by atoms with Crippen LogP contribution in [0.5, 0.6) is 0 Å². The van der Waals surface area contributed by atoms with Crippen molar-refractivity contribution in [2.75, 3.05) is 20.1 Å². The largest absolute Gasteiger partial charge is 0.354 e. The molecule has 0 heterocycles. The van der Waals surface area contributed by atoms with Crippen LogP contribution < -0.4 is 10.6 Å². The lowest BCUT2D eigenvalue weighted by Crippen LogP contribution is -2.40. The van der Waals surface area contributed by atoms with Crippen LogP contribution in [0.1, 0.15) is 34.1 Å². The zero-order valence-corrected chi connectivity index (χ0v) is 11.5. The van der Waals surface area contributed by atoms with E-state index in [1.165, 1.54) is 0 Å². The van der Waals surface area contributed by atoms with Crippen molar-refractivity contribution in [2.24, 2.45) is 0 Å². The fourth-order valence-corrected chi connectivity index (χ4v) is 1.20. The lowest BCUT2D eigenvalue weighted by molar-refractivity contribution is -0.130. The molecule has 0 saturated heterocycles. The van der Waals surface area contributed by atoms with Gasteiger partial charge in [0.15, 0.2) is 0 Å². The van der Waals surface area contributed by atoms with Crippen molar-refractivity contribution >= 4 is 11.8 Å². The first-order valence-electron chi connectivity index (χ1n) is 6.10. The van der Waals surface area contributed by atoms with E-state index >= 15 is 0 Å². The van der Waals surface area contributed by atoms with E-state index < -0.39 is 0 Å². The molecule has 2 N–H and O–H groups in total. The van der Waals surface area contributed by atoms with E-state index in [1.54, 1.807) is 11.9 Å². The normalized spacial score (nSPS) is 10.8. The Labute approximate surface area is 104 Å². The van der Waals surface area contributed by atoms with Crippen LogP contribution in [0.25, 0.3) is 0 Å². The molecule has 0 aliphatic rings. The van der Waals surface area contributed by atoms with Crippen LogP contribution in [0.2, 0.25) is 0 Å². The van der Waals surface area contributed by atoms with E-state index in [1.807, 2.05) is 27.7 Å². The molecule has 0 unspecified atom stereocenters. The zero-order valence-electron chi connectivity index (χ0n) is 11.5. The number of likely N-dealkylation sites (N-methyl/N-ethyl adjacent to an activating group) is 1. The van der Waals surface area contributed by atoms with Crippen molar-refractivity contribution in [3.05, 3.63) is 0 Å². The predicted octanol–water partition coefficient (Wildman–Crippen LogP) is 0.358. The van der Waals surface area contributed by atoms with Crippen molar-refractivity contribution in [1.29, 1.82) is 0 Å². The van der Waals surface area contributed by atoms with Crippen LogP contribution in [0, 0.1) is 0 Å². The van der Waals surface area contributed by atoms with Crippen molar-refractivity contribution in [1.82, 2.24) is 15.5 Å². The number of nitrogens with one attached hydrogen (secondary N) is 2. The van der Waals surface area contributed by atoms with E-state index in [0.717, 1.165) is 0 Å². The molecule has 5 heteroatoms. The van der Waals surface area contributed by atoms with Gasteiger partial charge in [-0.15, -0.1) is 0 Å². The molecule has 0 rings (SSSR count). The van der Waals surface area contributed by atoms with Gasteiger partial charge in [0.25, 0.3) is 0 Å². The Bertz CT molecular complexity index is 252. The highest BCUT2D eigenvalue weighted by molar-refractivity contribution is 5.78. The van der Waals surface area contributed by atoms with Crippen molar-refractivity contribution < 1.29 is 9.59 Å². The quantitative estimate of drug-likeness (QED) is 0.635. The highest BCUT2D eigenvalue weighted by Gasteiger charge is 2.11. The molecule has 0 aliphatic heterocycles. The molecular weight excluding hydrogens is 218 g/mol. The Kier molecular flexibility index (Phi) is 7.54. The smallest absolute Gasteiger partial charge is 0.236 e. The second-order valence-corrected chi connectivity index (χ2v) is 4.75. The van der Waals surface area contributed by atoms with Gasteiger partial charge >= 0.3 is 0 Å². The Balaban J connectivity index is 3.64. The second kappa shape index (κ2) is 8.06. The summed E-state index contributed by atoms with van der Waals surface area (Å²) in [6, 6.07) is 0.366. The summed E-state index contributed by atoms with van der Waals surface area (Å²) in [7, 11) is 1.78. The number of nitrogens with zero attached hydrogens (tertiary/aromatic N) is 1. The lowest BCUT2D eigenvalue weighted by atomic mass is 10.3. The summed E-state index contributed by atoms with van der Waals surface area (Å²) in [4.78, 5) is 24.5. The third kappa shape index (κ3) is 7.74. The first-order valence-corrected chi connectivity index (χ1v) is 6.10. The van der Waals surface area contributed by atoms with Gasteiger partial charge in [0, 0.05) is 32.1 Å². The molecule has 2 amide bonds. The number of hydrogen-bond acceptors (Lipinski definition) is 3. The standard InChI is InChI=1S/C12H25N3O2/c1-9(2)14-11(16)6-7-13-8-12(17)15(5)10(3)4/h9-10,13H,6-8H2,1-5H3,(H,14,16). The fourth-order valence-electron chi connectivity index (χ4n) is 1.20. The Morgan fingerprint density at radius 1 is 1.18 bits per heavy atom. The highest BCUT2D eigenvalue weighted by atomic mass is 16.2. The average Bonchev–Trinajstić information content (AvgIpc) is 2.21. The minimum absolute atomic E-state index is 0.0113.